The normalized spacial score (nSPS) is 21.9. The molecule has 0 bridgehead atoms. The quantitative estimate of drug-likeness (QED) is 0.850. The van der Waals surface area contributed by atoms with Gasteiger partial charge in [0, 0.05) is 12.1 Å². The van der Waals surface area contributed by atoms with Gasteiger partial charge in [-0.15, -0.1) is 0 Å². The Bertz CT molecular complexity index is 666. The minimum absolute atomic E-state index is 0.114. The zero-order valence-electron chi connectivity index (χ0n) is 11.8. The number of methoxy groups -OCH3 is 1. The summed E-state index contributed by atoms with van der Waals surface area (Å²) in [6, 6.07) is 0. The molecule has 3 rings (SSSR count). The van der Waals surface area contributed by atoms with Gasteiger partial charge in [0.1, 0.15) is 5.69 Å². The van der Waals surface area contributed by atoms with Crippen molar-refractivity contribution in [2.75, 3.05) is 7.11 Å². The summed E-state index contributed by atoms with van der Waals surface area (Å²) in [5, 5.41) is 10.2. The van der Waals surface area contributed by atoms with E-state index in [4.69, 9.17) is 4.74 Å². The molecule has 20 heavy (non-hydrogen) atoms. The van der Waals surface area contributed by atoms with E-state index in [-0.39, 0.29) is 17.3 Å². The van der Waals surface area contributed by atoms with Crippen LogP contribution in [0.5, 0.6) is 0 Å². The summed E-state index contributed by atoms with van der Waals surface area (Å²) in [5.41, 5.74) is 2.55. The van der Waals surface area contributed by atoms with E-state index >= 15 is 0 Å². The number of hydrogen-bond acceptors (Lipinski definition) is 4. The van der Waals surface area contributed by atoms with Gasteiger partial charge in [-0.25, -0.2) is 0 Å². The second kappa shape index (κ2) is 4.31. The van der Waals surface area contributed by atoms with Gasteiger partial charge in [-0.05, 0) is 32.3 Å². The molecule has 1 aromatic heterocycles. The Balaban J connectivity index is 2.32. The van der Waals surface area contributed by atoms with Crippen molar-refractivity contribution in [1.82, 2.24) is 4.57 Å². The molecular weight excluding hydrogens is 258 g/mol. The van der Waals surface area contributed by atoms with Crippen LogP contribution in [0.4, 0.5) is 0 Å². The molecule has 1 unspecified atom stereocenters. The Morgan fingerprint density at radius 2 is 1.95 bits per heavy atom. The number of ether oxygens (including phenoxy) is 1. The van der Waals surface area contributed by atoms with E-state index in [2.05, 4.69) is 0 Å². The number of Topliss-reactive ketones (excluding diaryl/α,β-unsaturated/α-hetero) is 2. The van der Waals surface area contributed by atoms with Gasteiger partial charge in [-0.2, -0.15) is 0 Å². The molecule has 1 atom stereocenters. The highest BCUT2D eigenvalue weighted by molar-refractivity contribution is 6.26. The maximum Gasteiger partial charge on any atom is 0.230 e. The predicted octanol–water partition coefficient (Wildman–Crippen LogP) is 1.92. The topological polar surface area (TPSA) is 68.5 Å². The maximum atomic E-state index is 12.5. The summed E-state index contributed by atoms with van der Waals surface area (Å²) in [6.45, 7) is 4.06. The summed E-state index contributed by atoms with van der Waals surface area (Å²) in [7, 11) is 1.40. The van der Waals surface area contributed by atoms with Crippen molar-refractivity contribution in [3.05, 3.63) is 33.8 Å². The first-order chi connectivity index (χ1) is 9.49. The molecule has 2 aliphatic rings. The Hall–Kier alpha value is -1.88. The molecule has 0 aromatic carbocycles. The number of aromatic nitrogens is 1. The van der Waals surface area contributed by atoms with Crippen molar-refractivity contribution in [2.45, 2.75) is 39.3 Å². The monoisotopic (exact) mass is 275 g/mol. The number of fused-ring (bicyclic) bond motifs is 3. The zero-order valence-corrected chi connectivity index (χ0v) is 11.8. The summed E-state index contributed by atoms with van der Waals surface area (Å²) >= 11 is 0. The second-order valence-electron chi connectivity index (χ2n) is 5.36. The summed E-state index contributed by atoms with van der Waals surface area (Å²) < 4.78 is 6.91. The van der Waals surface area contributed by atoms with Crippen LogP contribution in [0.1, 0.15) is 58.0 Å². The van der Waals surface area contributed by atoms with E-state index in [1.165, 1.54) is 7.11 Å². The molecule has 106 valence electrons. The van der Waals surface area contributed by atoms with Gasteiger partial charge in [-0.3, -0.25) is 9.59 Å². The van der Waals surface area contributed by atoms with Crippen LogP contribution in [-0.2, 0) is 11.3 Å². The Kier molecular flexibility index (Phi) is 2.83. The highest BCUT2D eigenvalue weighted by Gasteiger charge is 2.39. The predicted molar refractivity (Wildman–Crippen MR) is 71.7 cm³/mol. The van der Waals surface area contributed by atoms with Gasteiger partial charge in [-0.1, -0.05) is 0 Å². The molecule has 0 saturated carbocycles. The standard InChI is InChI=1S/C15H17NO4/c1-7-10-12(16-6-4-5-9(17)11(7)16)13(18)8(2)15(20-3)14(10)19/h9,17H,4-6H2,1-3H3. The molecule has 0 amide bonds. The van der Waals surface area contributed by atoms with Crippen LogP contribution in [-0.4, -0.2) is 28.3 Å². The minimum atomic E-state index is -0.610. The van der Waals surface area contributed by atoms with E-state index < -0.39 is 6.10 Å². The fourth-order valence-corrected chi connectivity index (χ4v) is 3.33. The van der Waals surface area contributed by atoms with Crippen LogP contribution in [0.2, 0.25) is 0 Å². The van der Waals surface area contributed by atoms with Crippen molar-refractivity contribution in [2.24, 2.45) is 0 Å². The molecule has 1 aromatic rings. The van der Waals surface area contributed by atoms with Gasteiger partial charge >= 0.3 is 0 Å². The van der Waals surface area contributed by atoms with Crippen LogP contribution >= 0.6 is 0 Å². The fourth-order valence-electron chi connectivity index (χ4n) is 3.33. The average molecular weight is 275 g/mol. The van der Waals surface area contributed by atoms with Crippen LogP contribution < -0.4 is 0 Å². The van der Waals surface area contributed by atoms with Crippen LogP contribution in [0.3, 0.4) is 0 Å². The fraction of sp³-hybridized carbons (Fsp3) is 0.467. The smallest absolute Gasteiger partial charge is 0.230 e. The van der Waals surface area contributed by atoms with E-state index in [0.29, 0.717) is 41.1 Å². The molecule has 1 aliphatic carbocycles. The van der Waals surface area contributed by atoms with E-state index in [0.717, 1.165) is 6.42 Å². The molecular formula is C15H17NO4. The van der Waals surface area contributed by atoms with Crippen molar-refractivity contribution < 1.29 is 19.4 Å². The summed E-state index contributed by atoms with van der Waals surface area (Å²) in [6.07, 6.45) is 0.854. The zero-order chi connectivity index (χ0) is 14.6. The van der Waals surface area contributed by atoms with Crippen molar-refractivity contribution in [3.8, 4) is 0 Å². The summed E-state index contributed by atoms with van der Waals surface area (Å²) in [5.74, 6) is -0.325. The second-order valence-corrected chi connectivity index (χ2v) is 5.36. The van der Waals surface area contributed by atoms with E-state index in [1.807, 2.05) is 4.57 Å². The number of carbonyl (C=O) groups is 2. The molecule has 0 spiro atoms. The van der Waals surface area contributed by atoms with Crippen molar-refractivity contribution in [1.29, 1.82) is 0 Å². The van der Waals surface area contributed by atoms with Crippen LogP contribution in [0.25, 0.3) is 0 Å². The van der Waals surface area contributed by atoms with Crippen molar-refractivity contribution >= 4 is 11.6 Å². The SMILES string of the molecule is COC1=C(C)C(=O)c2c(c(C)c3n2CCCC3O)C1=O. The number of carbonyl (C=O) groups excluding carboxylic acids is 2. The van der Waals surface area contributed by atoms with Gasteiger partial charge in [0.25, 0.3) is 0 Å². The molecule has 0 radical (unpaired) electrons. The number of hydrogen-bond donors (Lipinski definition) is 1. The van der Waals surface area contributed by atoms with Gasteiger partial charge < -0.3 is 14.4 Å². The van der Waals surface area contributed by atoms with Gasteiger partial charge in [0.15, 0.2) is 5.76 Å². The van der Waals surface area contributed by atoms with Gasteiger partial charge in [0.2, 0.25) is 11.6 Å². The lowest BCUT2D eigenvalue weighted by molar-refractivity contribution is 0.0900. The van der Waals surface area contributed by atoms with E-state index in [1.54, 1.807) is 13.8 Å². The minimum Gasteiger partial charge on any atom is -0.492 e. The lowest BCUT2D eigenvalue weighted by atomic mass is 9.91. The average Bonchev–Trinajstić information content (AvgIpc) is 2.72. The Morgan fingerprint density at radius 1 is 1.25 bits per heavy atom. The third kappa shape index (κ3) is 1.47. The number of rotatable bonds is 1. The van der Waals surface area contributed by atoms with Gasteiger partial charge in [0.05, 0.1) is 24.5 Å². The first-order valence-electron chi connectivity index (χ1n) is 6.74. The summed E-state index contributed by atoms with van der Waals surface area (Å²) in [4.78, 5) is 25.0. The number of ketones is 2. The molecule has 1 N–H and O–H groups in total. The molecule has 1 aliphatic heterocycles. The molecule has 0 fully saturated rings. The molecule has 5 nitrogen and oxygen atoms in total. The highest BCUT2D eigenvalue weighted by Crippen LogP contribution is 2.38. The number of aliphatic hydroxyl groups excluding tert-OH is 1. The molecule has 5 heteroatoms. The lowest BCUT2D eigenvalue weighted by Crippen LogP contribution is -2.25. The Morgan fingerprint density at radius 3 is 2.60 bits per heavy atom. The largest absolute Gasteiger partial charge is 0.492 e. The van der Waals surface area contributed by atoms with Crippen molar-refractivity contribution in [3.63, 3.8) is 0 Å². The van der Waals surface area contributed by atoms with Crippen LogP contribution in [0, 0.1) is 6.92 Å². The number of aliphatic hydroxyl groups is 1. The molecule has 0 saturated heterocycles. The first-order valence-corrected chi connectivity index (χ1v) is 6.74. The van der Waals surface area contributed by atoms with E-state index in [9.17, 15) is 14.7 Å². The highest BCUT2D eigenvalue weighted by atomic mass is 16.5. The Labute approximate surface area is 116 Å². The molecule has 2 heterocycles. The lowest BCUT2D eigenvalue weighted by Gasteiger charge is -2.23. The first kappa shape index (κ1) is 13.1. The number of nitrogens with zero attached hydrogens (tertiary/aromatic N) is 1. The third-order valence-electron chi connectivity index (χ3n) is 4.27. The third-order valence-corrected chi connectivity index (χ3v) is 4.27. The van der Waals surface area contributed by atoms with Crippen LogP contribution in [0.15, 0.2) is 11.3 Å². The maximum absolute atomic E-state index is 12.5. The number of allylic oxidation sites excluding steroid dienone is 2.